The molecule has 0 aliphatic carbocycles. The van der Waals surface area contributed by atoms with E-state index >= 15 is 0 Å². The lowest BCUT2D eigenvalue weighted by molar-refractivity contribution is -0.148. The molecule has 0 fully saturated rings. The van der Waals surface area contributed by atoms with Gasteiger partial charge in [0, 0.05) is 25.1 Å². The van der Waals surface area contributed by atoms with Crippen molar-refractivity contribution in [2.75, 3.05) is 32.6 Å². The molecule has 1 unspecified atom stereocenters. The Balaban J connectivity index is 2.39. The van der Waals surface area contributed by atoms with Crippen LogP contribution in [0, 0.1) is 0 Å². The van der Waals surface area contributed by atoms with Gasteiger partial charge in [0.25, 0.3) is 0 Å². The molecule has 1 aromatic rings. The third kappa shape index (κ3) is 5.79. The zero-order chi connectivity index (χ0) is 16.5. The van der Waals surface area contributed by atoms with Crippen molar-refractivity contribution in [3.05, 3.63) is 23.2 Å². The smallest absolute Gasteiger partial charge is 0.334 e. The maximum atomic E-state index is 11.6. The van der Waals surface area contributed by atoms with E-state index in [0.717, 1.165) is 0 Å². The summed E-state index contributed by atoms with van der Waals surface area (Å²) in [5, 5.41) is 14.9. The Morgan fingerprint density at radius 3 is 2.68 bits per heavy atom. The molecule has 0 saturated carbocycles. The van der Waals surface area contributed by atoms with Gasteiger partial charge in [0.05, 0.1) is 19.3 Å². The van der Waals surface area contributed by atoms with Gasteiger partial charge in [-0.15, -0.1) is 0 Å². The van der Waals surface area contributed by atoms with Crippen molar-refractivity contribution in [3.8, 4) is 5.75 Å². The highest BCUT2D eigenvalue weighted by atomic mass is 35.5. The molecule has 0 bridgehead atoms. The molecule has 0 aliphatic rings. The van der Waals surface area contributed by atoms with Crippen LogP contribution in [0.1, 0.15) is 6.42 Å². The molecule has 1 rings (SSSR count). The topological polar surface area (TPSA) is 96.9 Å². The van der Waals surface area contributed by atoms with E-state index in [1.807, 2.05) is 0 Å². The Morgan fingerprint density at radius 2 is 2.09 bits per heavy atom. The molecule has 0 aliphatic heterocycles. The lowest BCUT2D eigenvalue weighted by atomic mass is 10.2. The quantitative estimate of drug-likeness (QED) is 0.632. The first-order valence-corrected chi connectivity index (χ1v) is 6.95. The van der Waals surface area contributed by atoms with Gasteiger partial charge in [-0.1, -0.05) is 11.6 Å². The molecular weight excluding hydrogens is 312 g/mol. The zero-order valence-corrected chi connectivity index (χ0v) is 13.1. The summed E-state index contributed by atoms with van der Waals surface area (Å²) in [6.07, 6.45) is -0.879. The second-order valence-electron chi connectivity index (χ2n) is 4.39. The van der Waals surface area contributed by atoms with E-state index in [-0.39, 0.29) is 18.9 Å². The summed E-state index contributed by atoms with van der Waals surface area (Å²) in [6, 6.07) is 5.12. The number of ether oxygens (including phenoxy) is 2. The summed E-state index contributed by atoms with van der Waals surface area (Å²) < 4.78 is 9.89. The van der Waals surface area contributed by atoms with Crippen LogP contribution in [0.15, 0.2) is 18.2 Å². The average molecular weight is 331 g/mol. The molecule has 1 atom stereocenters. The molecule has 0 spiro atoms. The lowest BCUT2D eigenvalue weighted by Crippen LogP contribution is -2.38. The third-order valence-corrected chi connectivity index (χ3v) is 3.11. The maximum absolute atomic E-state index is 11.6. The molecule has 1 aromatic carbocycles. The van der Waals surface area contributed by atoms with Gasteiger partial charge in [0.1, 0.15) is 5.75 Å². The molecule has 0 heterocycles. The molecule has 1 amide bonds. The Hall–Kier alpha value is -1.99. The van der Waals surface area contributed by atoms with Crippen molar-refractivity contribution in [2.45, 2.75) is 12.5 Å². The summed E-state index contributed by atoms with van der Waals surface area (Å²) in [7, 11) is 2.82. The fourth-order valence-corrected chi connectivity index (χ4v) is 1.87. The first-order chi connectivity index (χ1) is 10.5. The van der Waals surface area contributed by atoms with Crippen molar-refractivity contribution in [1.29, 1.82) is 0 Å². The number of amides is 1. The van der Waals surface area contributed by atoms with E-state index in [4.69, 9.17) is 26.2 Å². The van der Waals surface area contributed by atoms with Crippen LogP contribution >= 0.6 is 11.6 Å². The van der Waals surface area contributed by atoms with Crippen LogP contribution in [0.5, 0.6) is 5.75 Å². The van der Waals surface area contributed by atoms with E-state index in [0.29, 0.717) is 23.0 Å². The molecule has 8 heteroatoms. The van der Waals surface area contributed by atoms with Gasteiger partial charge in [-0.2, -0.15) is 0 Å². The third-order valence-electron chi connectivity index (χ3n) is 2.87. The zero-order valence-electron chi connectivity index (χ0n) is 12.4. The van der Waals surface area contributed by atoms with E-state index in [1.54, 1.807) is 18.2 Å². The molecule has 3 N–H and O–H groups in total. The van der Waals surface area contributed by atoms with Gasteiger partial charge < -0.3 is 25.2 Å². The Kier molecular flexibility index (Phi) is 7.48. The van der Waals surface area contributed by atoms with Crippen molar-refractivity contribution in [2.24, 2.45) is 0 Å². The minimum Gasteiger partial charge on any atom is -0.495 e. The maximum Gasteiger partial charge on any atom is 0.334 e. The summed E-state index contributed by atoms with van der Waals surface area (Å²) in [6.45, 7) is 0.276. The van der Waals surface area contributed by atoms with Crippen LogP contribution in [0.2, 0.25) is 5.02 Å². The number of methoxy groups -OCH3 is 2. The highest BCUT2D eigenvalue weighted by molar-refractivity contribution is 6.30. The number of hydrogen-bond donors (Lipinski definition) is 3. The number of aliphatic carboxylic acids is 1. The van der Waals surface area contributed by atoms with E-state index < -0.39 is 12.1 Å². The van der Waals surface area contributed by atoms with Crippen LogP contribution in [-0.4, -0.2) is 50.4 Å². The van der Waals surface area contributed by atoms with Gasteiger partial charge in [-0.05, 0) is 18.2 Å². The Bertz CT molecular complexity index is 524. The van der Waals surface area contributed by atoms with Gasteiger partial charge in [-0.3, -0.25) is 4.79 Å². The predicted molar refractivity (Wildman–Crippen MR) is 82.6 cm³/mol. The van der Waals surface area contributed by atoms with Crippen LogP contribution in [0.25, 0.3) is 0 Å². The second kappa shape index (κ2) is 9.11. The van der Waals surface area contributed by atoms with Crippen LogP contribution in [0.4, 0.5) is 5.69 Å². The summed E-state index contributed by atoms with van der Waals surface area (Å²) in [4.78, 5) is 22.4. The molecule has 7 nitrogen and oxygen atoms in total. The standard InChI is InChI=1S/C14H19ClN2O5/c1-21-11-4-3-9(15)7-10(11)16-6-5-13(18)17-8-12(22-2)14(19)20/h3-4,7,12,16H,5-6,8H2,1-2H3,(H,17,18)(H,19,20). The van der Waals surface area contributed by atoms with Crippen molar-refractivity contribution in [1.82, 2.24) is 5.32 Å². The predicted octanol–water partition coefficient (Wildman–Crippen LogP) is 1.37. The van der Waals surface area contributed by atoms with Gasteiger partial charge in [-0.25, -0.2) is 4.79 Å². The summed E-state index contributed by atoms with van der Waals surface area (Å²) >= 11 is 5.90. The van der Waals surface area contributed by atoms with E-state index in [2.05, 4.69) is 10.6 Å². The van der Waals surface area contributed by atoms with Gasteiger partial charge >= 0.3 is 5.97 Å². The monoisotopic (exact) mass is 330 g/mol. The number of rotatable bonds is 9. The first kappa shape index (κ1) is 18.1. The number of carbonyl (C=O) groups is 2. The Labute approximate surface area is 133 Å². The fourth-order valence-electron chi connectivity index (χ4n) is 1.70. The SMILES string of the molecule is COc1ccc(Cl)cc1NCCC(=O)NCC(OC)C(=O)O. The number of carboxylic acid groups (broad SMARTS) is 1. The molecule has 122 valence electrons. The van der Waals surface area contributed by atoms with Crippen LogP contribution < -0.4 is 15.4 Å². The fraction of sp³-hybridized carbons (Fsp3) is 0.429. The summed E-state index contributed by atoms with van der Waals surface area (Å²) in [5.74, 6) is -0.781. The van der Waals surface area contributed by atoms with Gasteiger partial charge in [0.15, 0.2) is 6.10 Å². The minimum atomic E-state index is -1.12. The molecule has 22 heavy (non-hydrogen) atoms. The number of hydrogen-bond acceptors (Lipinski definition) is 5. The number of carbonyl (C=O) groups excluding carboxylic acids is 1. The van der Waals surface area contributed by atoms with Crippen LogP contribution in [-0.2, 0) is 14.3 Å². The second-order valence-corrected chi connectivity index (χ2v) is 4.82. The summed E-state index contributed by atoms with van der Waals surface area (Å²) in [5.41, 5.74) is 0.683. The first-order valence-electron chi connectivity index (χ1n) is 6.57. The highest BCUT2D eigenvalue weighted by Crippen LogP contribution is 2.27. The van der Waals surface area contributed by atoms with Crippen molar-refractivity contribution in [3.63, 3.8) is 0 Å². The number of halogens is 1. The number of anilines is 1. The number of nitrogens with one attached hydrogen (secondary N) is 2. The molecular formula is C14H19ClN2O5. The van der Waals surface area contributed by atoms with E-state index in [9.17, 15) is 9.59 Å². The average Bonchev–Trinajstić information content (AvgIpc) is 2.47. The normalized spacial score (nSPS) is 11.6. The molecule has 0 aromatic heterocycles. The van der Waals surface area contributed by atoms with Crippen molar-refractivity contribution < 1.29 is 24.2 Å². The Morgan fingerprint density at radius 1 is 1.36 bits per heavy atom. The van der Waals surface area contributed by atoms with Crippen molar-refractivity contribution >= 4 is 29.2 Å². The van der Waals surface area contributed by atoms with E-state index in [1.165, 1.54) is 14.2 Å². The molecule has 0 radical (unpaired) electrons. The van der Waals surface area contributed by atoms with Gasteiger partial charge in [0.2, 0.25) is 5.91 Å². The van der Waals surface area contributed by atoms with Crippen LogP contribution in [0.3, 0.4) is 0 Å². The number of carboxylic acids is 1. The number of benzene rings is 1. The lowest BCUT2D eigenvalue weighted by Gasteiger charge is -2.13. The minimum absolute atomic E-state index is 0.0782. The highest BCUT2D eigenvalue weighted by Gasteiger charge is 2.16. The largest absolute Gasteiger partial charge is 0.495 e. The molecule has 0 saturated heterocycles.